The Morgan fingerprint density at radius 2 is 1.89 bits per heavy atom. The summed E-state index contributed by atoms with van der Waals surface area (Å²) in [7, 11) is 1.50. The monoisotopic (exact) mass is 277 g/mol. The Morgan fingerprint density at radius 1 is 1.26 bits per heavy atom. The fourth-order valence-electron chi connectivity index (χ4n) is 1.97. The van der Waals surface area contributed by atoms with Gasteiger partial charge in [0.05, 0.1) is 19.8 Å². The number of hydrogen-bond donors (Lipinski definition) is 1. The largest absolute Gasteiger partial charge is 0.496 e. The van der Waals surface area contributed by atoms with E-state index in [1.54, 1.807) is 6.07 Å². The zero-order chi connectivity index (χ0) is 14.6. The van der Waals surface area contributed by atoms with Crippen LogP contribution in [0.3, 0.4) is 0 Å². The van der Waals surface area contributed by atoms with Crippen LogP contribution in [0, 0.1) is 13.8 Å². The number of nitrogens with two attached hydrogens (primary N) is 1. The van der Waals surface area contributed by atoms with Crippen molar-refractivity contribution in [3.05, 3.63) is 28.8 Å². The van der Waals surface area contributed by atoms with Gasteiger partial charge < -0.3 is 15.2 Å². The molecule has 2 N–H and O–H groups in total. The van der Waals surface area contributed by atoms with Gasteiger partial charge in [0.25, 0.3) is 0 Å². The van der Waals surface area contributed by atoms with E-state index in [2.05, 4.69) is 4.74 Å². The molecule has 0 fully saturated rings. The summed E-state index contributed by atoms with van der Waals surface area (Å²) in [5, 5.41) is 0. The predicted octanol–water partition coefficient (Wildman–Crippen LogP) is 2.89. The van der Waals surface area contributed by atoms with Crippen LogP contribution in [0.5, 0.6) is 5.75 Å². The van der Waals surface area contributed by atoms with Crippen molar-refractivity contribution in [3.63, 3.8) is 0 Å². The lowest BCUT2D eigenvalue weighted by Crippen LogP contribution is -2.24. The molecule has 108 valence electrons. The summed E-state index contributed by atoms with van der Waals surface area (Å²) < 4.78 is 45.8. The molecule has 1 unspecified atom stereocenters. The number of methoxy groups -OCH3 is 1. The second-order valence-electron chi connectivity index (χ2n) is 4.43. The average molecular weight is 277 g/mol. The molecule has 6 heteroatoms. The van der Waals surface area contributed by atoms with Crippen LogP contribution in [0.4, 0.5) is 13.2 Å². The highest BCUT2D eigenvalue weighted by molar-refractivity contribution is 5.45. The minimum absolute atomic E-state index is 0.209. The van der Waals surface area contributed by atoms with Gasteiger partial charge in [-0.2, -0.15) is 13.2 Å². The summed E-state index contributed by atoms with van der Waals surface area (Å²) in [4.78, 5) is 0. The zero-order valence-corrected chi connectivity index (χ0v) is 11.2. The van der Waals surface area contributed by atoms with Crippen molar-refractivity contribution in [3.8, 4) is 5.75 Å². The third-order valence-electron chi connectivity index (χ3n) is 2.65. The molecule has 0 aliphatic heterocycles. The molecule has 19 heavy (non-hydrogen) atoms. The van der Waals surface area contributed by atoms with E-state index in [1.165, 1.54) is 7.11 Å². The third-order valence-corrected chi connectivity index (χ3v) is 2.65. The molecule has 1 aromatic carbocycles. The van der Waals surface area contributed by atoms with Gasteiger partial charge in [-0.05, 0) is 31.0 Å². The lowest BCUT2D eigenvalue weighted by Gasteiger charge is -2.19. The Labute approximate surface area is 110 Å². The van der Waals surface area contributed by atoms with Crippen molar-refractivity contribution >= 4 is 0 Å². The number of benzene rings is 1. The molecule has 0 aliphatic rings. The van der Waals surface area contributed by atoms with E-state index < -0.39 is 18.8 Å². The molecule has 0 bridgehead atoms. The van der Waals surface area contributed by atoms with Crippen LogP contribution < -0.4 is 10.5 Å². The summed E-state index contributed by atoms with van der Waals surface area (Å²) >= 11 is 0. The maximum absolute atomic E-state index is 12.0. The highest BCUT2D eigenvalue weighted by Gasteiger charge is 2.28. The van der Waals surface area contributed by atoms with Gasteiger partial charge in [0.1, 0.15) is 12.4 Å². The summed E-state index contributed by atoms with van der Waals surface area (Å²) in [6.07, 6.45) is -4.34. The molecular formula is C13H18F3NO2. The molecule has 1 aromatic rings. The smallest absolute Gasteiger partial charge is 0.411 e. The Balaban J connectivity index is 2.79. The van der Waals surface area contributed by atoms with Crippen LogP contribution in [0.1, 0.15) is 22.7 Å². The van der Waals surface area contributed by atoms with Gasteiger partial charge in [-0.15, -0.1) is 0 Å². The van der Waals surface area contributed by atoms with Gasteiger partial charge in [-0.25, -0.2) is 0 Å². The van der Waals surface area contributed by atoms with E-state index >= 15 is 0 Å². The lowest BCUT2D eigenvalue weighted by atomic mass is 9.99. The van der Waals surface area contributed by atoms with Crippen molar-refractivity contribution in [2.24, 2.45) is 5.73 Å². The van der Waals surface area contributed by atoms with Crippen molar-refractivity contribution in [1.29, 1.82) is 0 Å². The number of rotatable bonds is 5. The second kappa shape index (κ2) is 6.25. The predicted molar refractivity (Wildman–Crippen MR) is 66.3 cm³/mol. The minimum atomic E-state index is -4.34. The number of hydrogen-bond acceptors (Lipinski definition) is 3. The molecule has 0 spiro atoms. The van der Waals surface area contributed by atoms with Crippen LogP contribution in [0.25, 0.3) is 0 Å². The molecule has 1 atom stereocenters. The number of aryl methyl sites for hydroxylation is 2. The molecule has 0 amide bonds. The number of alkyl halides is 3. The van der Waals surface area contributed by atoms with Gasteiger partial charge in [0.2, 0.25) is 0 Å². The van der Waals surface area contributed by atoms with Gasteiger partial charge in [-0.1, -0.05) is 6.07 Å². The first-order valence-electron chi connectivity index (χ1n) is 5.80. The molecule has 1 rings (SSSR count). The summed E-state index contributed by atoms with van der Waals surface area (Å²) in [6.45, 7) is 2.24. The van der Waals surface area contributed by atoms with Crippen LogP contribution in [0.2, 0.25) is 0 Å². The van der Waals surface area contributed by atoms with Crippen molar-refractivity contribution < 1.29 is 22.6 Å². The molecule has 0 saturated carbocycles. The highest BCUT2D eigenvalue weighted by Crippen LogP contribution is 2.29. The average Bonchev–Trinajstić information content (AvgIpc) is 2.25. The molecular weight excluding hydrogens is 259 g/mol. The number of ether oxygens (including phenoxy) is 2. The van der Waals surface area contributed by atoms with Gasteiger partial charge in [0.15, 0.2) is 0 Å². The van der Waals surface area contributed by atoms with E-state index in [9.17, 15) is 13.2 Å². The summed E-state index contributed by atoms with van der Waals surface area (Å²) in [6, 6.07) is 3.05. The molecule has 0 aliphatic carbocycles. The van der Waals surface area contributed by atoms with Gasteiger partial charge >= 0.3 is 6.18 Å². The Hall–Kier alpha value is -1.27. The minimum Gasteiger partial charge on any atom is -0.496 e. The standard InChI is InChI=1S/C13H18F3NO2/c1-8-4-9(2)12(11(5-8)18-3)10(17)6-19-7-13(14,15)16/h4-5,10H,6-7,17H2,1-3H3. The third kappa shape index (κ3) is 4.72. The molecule has 0 radical (unpaired) electrons. The van der Waals surface area contributed by atoms with E-state index in [-0.39, 0.29) is 6.61 Å². The first-order valence-corrected chi connectivity index (χ1v) is 5.80. The van der Waals surface area contributed by atoms with Crippen LogP contribution in [-0.2, 0) is 4.74 Å². The van der Waals surface area contributed by atoms with Crippen molar-refractivity contribution in [2.45, 2.75) is 26.1 Å². The fraction of sp³-hybridized carbons (Fsp3) is 0.538. The van der Waals surface area contributed by atoms with Crippen molar-refractivity contribution in [1.82, 2.24) is 0 Å². The molecule has 0 aromatic heterocycles. The Morgan fingerprint density at radius 3 is 2.42 bits per heavy atom. The normalized spacial score (nSPS) is 13.4. The first kappa shape index (κ1) is 15.8. The SMILES string of the molecule is COc1cc(C)cc(C)c1C(N)COCC(F)(F)F. The quantitative estimate of drug-likeness (QED) is 0.900. The van der Waals surface area contributed by atoms with E-state index in [0.29, 0.717) is 11.3 Å². The lowest BCUT2D eigenvalue weighted by molar-refractivity contribution is -0.174. The van der Waals surface area contributed by atoms with Gasteiger partial charge in [0, 0.05) is 5.56 Å². The highest BCUT2D eigenvalue weighted by atomic mass is 19.4. The van der Waals surface area contributed by atoms with Crippen LogP contribution in [0.15, 0.2) is 12.1 Å². The Kier molecular flexibility index (Phi) is 5.20. The van der Waals surface area contributed by atoms with E-state index in [1.807, 2.05) is 19.9 Å². The molecule has 3 nitrogen and oxygen atoms in total. The number of halogens is 3. The zero-order valence-electron chi connectivity index (χ0n) is 11.2. The fourth-order valence-corrected chi connectivity index (χ4v) is 1.97. The first-order chi connectivity index (χ1) is 8.74. The molecule has 0 saturated heterocycles. The molecule has 0 heterocycles. The Bertz CT molecular complexity index is 433. The van der Waals surface area contributed by atoms with Gasteiger partial charge in [-0.3, -0.25) is 0 Å². The van der Waals surface area contributed by atoms with E-state index in [4.69, 9.17) is 10.5 Å². The maximum Gasteiger partial charge on any atom is 0.411 e. The second-order valence-corrected chi connectivity index (χ2v) is 4.43. The maximum atomic E-state index is 12.0. The summed E-state index contributed by atoms with van der Waals surface area (Å²) in [5.41, 5.74) is 8.43. The van der Waals surface area contributed by atoms with E-state index in [0.717, 1.165) is 11.1 Å². The van der Waals surface area contributed by atoms with Crippen LogP contribution in [-0.4, -0.2) is 26.5 Å². The topological polar surface area (TPSA) is 44.5 Å². The van der Waals surface area contributed by atoms with Crippen LogP contribution >= 0.6 is 0 Å². The van der Waals surface area contributed by atoms with Crippen molar-refractivity contribution in [2.75, 3.05) is 20.3 Å². The summed E-state index contributed by atoms with van der Waals surface area (Å²) in [5.74, 6) is 0.570.